The molecule has 12 heavy (non-hydrogen) atoms. The summed E-state index contributed by atoms with van der Waals surface area (Å²) < 4.78 is 0. The third kappa shape index (κ3) is 7.06. The monoisotopic (exact) mass is 190 g/mol. The molecule has 0 rings (SSSR count). The van der Waals surface area contributed by atoms with Gasteiger partial charge in [0.1, 0.15) is 0 Å². The second kappa shape index (κ2) is 6.86. The van der Waals surface area contributed by atoms with E-state index in [1.807, 2.05) is 0 Å². The summed E-state index contributed by atoms with van der Waals surface area (Å²) in [7, 11) is 2.59. The Morgan fingerprint density at radius 3 is 2.00 bits per heavy atom. The van der Waals surface area contributed by atoms with E-state index in [1.54, 1.807) is 0 Å². The van der Waals surface area contributed by atoms with Crippen LogP contribution in [0.2, 0.25) is 0 Å². The van der Waals surface area contributed by atoms with Crippen LogP contribution in [-0.4, -0.2) is 10.4 Å². The fourth-order valence-corrected chi connectivity index (χ4v) is 1.70. The largest absolute Gasteiger partial charge is 0.386 e. The maximum absolute atomic E-state index is 9.84. The Morgan fingerprint density at radius 2 is 1.50 bits per heavy atom. The molecule has 0 aliphatic carbocycles. The van der Waals surface area contributed by atoms with E-state index in [-0.39, 0.29) is 0 Å². The molecule has 0 aromatic rings. The van der Waals surface area contributed by atoms with E-state index in [4.69, 9.17) is 0 Å². The molecule has 2 unspecified atom stereocenters. The van der Waals surface area contributed by atoms with Crippen LogP contribution in [0.1, 0.15) is 58.8 Å². The molecule has 0 fully saturated rings. The molecular formula is C10H23OP. The van der Waals surface area contributed by atoms with Gasteiger partial charge in [-0.25, -0.2) is 0 Å². The fraction of sp³-hybridized carbons (Fsp3) is 1.00. The van der Waals surface area contributed by atoms with Crippen LogP contribution in [0, 0.1) is 0 Å². The highest BCUT2D eigenvalue weighted by molar-refractivity contribution is 7.18. The SMILES string of the molecule is CCCCCC(O)(P)CCCC. The Kier molecular flexibility index (Phi) is 7.08. The van der Waals surface area contributed by atoms with Gasteiger partial charge in [0, 0.05) is 0 Å². The Labute approximate surface area is 79.1 Å². The van der Waals surface area contributed by atoms with Crippen molar-refractivity contribution in [2.45, 2.75) is 64.1 Å². The zero-order chi connectivity index (χ0) is 9.45. The van der Waals surface area contributed by atoms with Gasteiger partial charge in [0.05, 0.1) is 5.34 Å². The van der Waals surface area contributed by atoms with E-state index in [0.29, 0.717) is 0 Å². The quantitative estimate of drug-likeness (QED) is 0.482. The number of aliphatic hydroxyl groups is 1. The molecule has 1 N–H and O–H groups in total. The zero-order valence-electron chi connectivity index (χ0n) is 8.47. The van der Waals surface area contributed by atoms with Gasteiger partial charge >= 0.3 is 0 Å². The van der Waals surface area contributed by atoms with Gasteiger partial charge in [-0.05, 0) is 12.8 Å². The van der Waals surface area contributed by atoms with E-state index in [2.05, 4.69) is 23.1 Å². The Morgan fingerprint density at radius 1 is 1.00 bits per heavy atom. The minimum absolute atomic E-state index is 0.481. The molecule has 0 aromatic heterocycles. The predicted molar refractivity (Wildman–Crippen MR) is 58.3 cm³/mol. The Balaban J connectivity index is 3.42. The van der Waals surface area contributed by atoms with E-state index in [0.717, 1.165) is 25.7 Å². The smallest absolute Gasteiger partial charge is 0.0778 e. The highest BCUT2D eigenvalue weighted by Gasteiger charge is 2.18. The first-order valence-electron chi connectivity index (χ1n) is 5.13. The third-order valence-corrected chi connectivity index (χ3v) is 2.75. The molecule has 0 heterocycles. The van der Waals surface area contributed by atoms with Crippen molar-refractivity contribution in [2.24, 2.45) is 0 Å². The van der Waals surface area contributed by atoms with Gasteiger partial charge in [-0.2, -0.15) is 0 Å². The maximum atomic E-state index is 9.84. The molecule has 2 atom stereocenters. The van der Waals surface area contributed by atoms with Crippen molar-refractivity contribution in [3.8, 4) is 0 Å². The molecule has 0 radical (unpaired) electrons. The number of rotatable bonds is 7. The predicted octanol–water partition coefficient (Wildman–Crippen LogP) is 3.32. The lowest BCUT2D eigenvalue weighted by Crippen LogP contribution is -2.19. The van der Waals surface area contributed by atoms with Crippen molar-refractivity contribution >= 4 is 9.24 Å². The van der Waals surface area contributed by atoms with Crippen molar-refractivity contribution in [3.05, 3.63) is 0 Å². The molecule has 0 saturated heterocycles. The van der Waals surface area contributed by atoms with Gasteiger partial charge in [0.2, 0.25) is 0 Å². The molecule has 0 spiro atoms. The van der Waals surface area contributed by atoms with Gasteiger partial charge in [0.15, 0.2) is 0 Å². The van der Waals surface area contributed by atoms with Crippen LogP contribution in [-0.2, 0) is 0 Å². The first-order valence-corrected chi connectivity index (χ1v) is 5.71. The highest BCUT2D eigenvalue weighted by Crippen LogP contribution is 2.28. The molecule has 0 bridgehead atoms. The minimum Gasteiger partial charge on any atom is -0.386 e. The second-order valence-corrected chi connectivity index (χ2v) is 4.74. The molecule has 0 amide bonds. The van der Waals surface area contributed by atoms with Gasteiger partial charge in [0.25, 0.3) is 0 Å². The zero-order valence-corrected chi connectivity index (χ0v) is 9.63. The molecule has 0 aliphatic heterocycles. The summed E-state index contributed by atoms with van der Waals surface area (Å²) >= 11 is 0. The lowest BCUT2D eigenvalue weighted by molar-refractivity contribution is 0.110. The van der Waals surface area contributed by atoms with E-state index < -0.39 is 5.34 Å². The number of unbranched alkanes of at least 4 members (excludes halogenated alkanes) is 3. The summed E-state index contributed by atoms with van der Waals surface area (Å²) in [6.45, 7) is 4.35. The van der Waals surface area contributed by atoms with Crippen molar-refractivity contribution in [1.29, 1.82) is 0 Å². The molecule has 0 aliphatic rings. The maximum Gasteiger partial charge on any atom is 0.0778 e. The van der Waals surface area contributed by atoms with Crippen LogP contribution < -0.4 is 0 Å². The molecule has 0 saturated carbocycles. The topological polar surface area (TPSA) is 20.2 Å². The summed E-state index contributed by atoms with van der Waals surface area (Å²) in [4.78, 5) is 0. The van der Waals surface area contributed by atoms with Crippen LogP contribution in [0.5, 0.6) is 0 Å². The van der Waals surface area contributed by atoms with Crippen molar-refractivity contribution < 1.29 is 5.11 Å². The molecule has 1 nitrogen and oxygen atoms in total. The van der Waals surface area contributed by atoms with Gasteiger partial charge in [-0.3, -0.25) is 0 Å². The molecule has 0 aromatic carbocycles. The van der Waals surface area contributed by atoms with Crippen molar-refractivity contribution in [3.63, 3.8) is 0 Å². The van der Waals surface area contributed by atoms with E-state index in [1.165, 1.54) is 19.3 Å². The van der Waals surface area contributed by atoms with Crippen LogP contribution in [0.4, 0.5) is 0 Å². The average Bonchev–Trinajstić information content (AvgIpc) is 2.01. The van der Waals surface area contributed by atoms with Crippen LogP contribution in [0.25, 0.3) is 0 Å². The molecular weight excluding hydrogens is 167 g/mol. The van der Waals surface area contributed by atoms with Crippen molar-refractivity contribution in [1.82, 2.24) is 0 Å². The van der Waals surface area contributed by atoms with Crippen LogP contribution in [0.3, 0.4) is 0 Å². The Bertz CT molecular complexity index is 102. The normalized spacial score (nSPS) is 16.0. The highest BCUT2D eigenvalue weighted by atomic mass is 31.0. The van der Waals surface area contributed by atoms with Gasteiger partial charge < -0.3 is 5.11 Å². The average molecular weight is 190 g/mol. The standard InChI is InChI=1S/C10H23OP/c1-3-5-7-9-10(11,12)8-6-4-2/h11H,3-9,12H2,1-2H3. The summed E-state index contributed by atoms with van der Waals surface area (Å²) in [6.07, 6.45) is 7.79. The molecule has 2 heteroatoms. The Hall–Kier alpha value is 0.390. The fourth-order valence-electron chi connectivity index (χ4n) is 1.29. The lowest BCUT2D eigenvalue weighted by Gasteiger charge is -2.22. The van der Waals surface area contributed by atoms with Crippen molar-refractivity contribution in [2.75, 3.05) is 0 Å². The summed E-state index contributed by atoms with van der Waals surface area (Å²) in [5.74, 6) is 0. The van der Waals surface area contributed by atoms with Gasteiger partial charge in [-0.15, -0.1) is 9.24 Å². The van der Waals surface area contributed by atoms with Crippen LogP contribution >= 0.6 is 9.24 Å². The van der Waals surface area contributed by atoms with E-state index in [9.17, 15) is 5.11 Å². The number of hydrogen-bond donors (Lipinski definition) is 1. The van der Waals surface area contributed by atoms with E-state index >= 15 is 0 Å². The number of hydrogen-bond acceptors (Lipinski definition) is 1. The lowest BCUT2D eigenvalue weighted by atomic mass is 10.0. The van der Waals surface area contributed by atoms with Crippen LogP contribution in [0.15, 0.2) is 0 Å². The second-order valence-electron chi connectivity index (χ2n) is 3.66. The summed E-state index contributed by atoms with van der Waals surface area (Å²) in [5.41, 5.74) is 0. The van der Waals surface area contributed by atoms with Gasteiger partial charge in [-0.1, -0.05) is 46.0 Å². The third-order valence-electron chi connectivity index (χ3n) is 2.18. The first-order chi connectivity index (χ1) is 5.62. The summed E-state index contributed by atoms with van der Waals surface area (Å²) in [6, 6.07) is 0. The summed E-state index contributed by atoms with van der Waals surface area (Å²) in [5, 5.41) is 9.35. The molecule has 74 valence electrons. The first kappa shape index (κ1) is 12.4. The minimum atomic E-state index is -0.481.